The number of carbonyl (C=O) groups excluding carboxylic acids is 2. The minimum Gasteiger partial charge on any atom is -0.451 e. The number of H-pyrrole nitrogens is 1. The van der Waals surface area contributed by atoms with Crippen LogP contribution in [0.3, 0.4) is 0 Å². The molecule has 0 saturated carbocycles. The lowest BCUT2D eigenvalue weighted by molar-refractivity contribution is -0.119. The maximum Gasteiger partial charge on any atom is 0.355 e. The van der Waals surface area contributed by atoms with Crippen molar-refractivity contribution >= 4 is 27.6 Å². The second kappa shape index (κ2) is 9.99. The summed E-state index contributed by atoms with van der Waals surface area (Å²) >= 11 is 0. The van der Waals surface area contributed by atoms with E-state index in [1.807, 2.05) is 42.5 Å². The number of aromatic amines is 1. The number of benzene rings is 2. The third-order valence-corrected chi connectivity index (χ3v) is 6.97. The van der Waals surface area contributed by atoms with Gasteiger partial charge in [0.05, 0.1) is 13.2 Å². The van der Waals surface area contributed by atoms with Gasteiger partial charge in [-0.15, -0.1) is 0 Å². The van der Waals surface area contributed by atoms with Crippen molar-refractivity contribution in [2.45, 2.75) is 4.90 Å². The van der Waals surface area contributed by atoms with Gasteiger partial charge in [-0.25, -0.2) is 13.2 Å². The van der Waals surface area contributed by atoms with Gasteiger partial charge in [0.15, 0.2) is 6.61 Å². The number of nitrogens with one attached hydrogen (secondary N) is 2. The van der Waals surface area contributed by atoms with Gasteiger partial charge in [0.2, 0.25) is 10.0 Å². The number of carbonyl (C=O) groups is 2. The first-order valence-electron chi connectivity index (χ1n) is 10.3. The molecule has 2 aromatic carbocycles. The van der Waals surface area contributed by atoms with Crippen molar-refractivity contribution in [3.8, 4) is 11.1 Å². The number of anilines is 1. The number of amides is 1. The van der Waals surface area contributed by atoms with E-state index in [0.29, 0.717) is 18.9 Å². The molecule has 1 saturated heterocycles. The predicted octanol–water partition coefficient (Wildman–Crippen LogP) is 2.50. The van der Waals surface area contributed by atoms with Crippen molar-refractivity contribution in [1.29, 1.82) is 0 Å². The van der Waals surface area contributed by atoms with Crippen molar-refractivity contribution in [2.24, 2.45) is 0 Å². The van der Waals surface area contributed by atoms with E-state index < -0.39 is 28.5 Å². The Balaban J connectivity index is 1.30. The molecule has 3 aromatic rings. The molecule has 1 aliphatic heterocycles. The van der Waals surface area contributed by atoms with Gasteiger partial charge in [-0.2, -0.15) is 4.31 Å². The minimum absolute atomic E-state index is 0.0423. The largest absolute Gasteiger partial charge is 0.451 e. The Morgan fingerprint density at radius 2 is 1.67 bits per heavy atom. The van der Waals surface area contributed by atoms with E-state index in [1.54, 1.807) is 12.1 Å². The number of aromatic nitrogens is 1. The Labute approximate surface area is 191 Å². The highest BCUT2D eigenvalue weighted by Gasteiger charge is 2.28. The fourth-order valence-corrected chi connectivity index (χ4v) is 4.76. The molecule has 4 rings (SSSR count). The maximum atomic E-state index is 12.6. The van der Waals surface area contributed by atoms with E-state index in [-0.39, 0.29) is 23.7 Å². The van der Waals surface area contributed by atoms with Crippen LogP contribution in [0.5, 0.6) is 0 Å². The maximum absolute atomic E-state index is 12.6. The first-order valence-corrected chi connectivity index (χ1v) is 11.8. The van der Waals surface area contributed by atoms with E-state index in [1.165, 1.54) is 16.6 Å². The second-order valence-electron chi connectivity index (χ2n) is 7.33. The Bertz CT molecular complexity index is 1220. The third kappa shape index (κ3) is 5.48. The smallest absolute Gasteiger partial charge is 0.355 e. The summed E-state index contributed by atoms with van der Waals surface area (Å²) in [6.45, 7) is 0.634. The molecule has 1 aromatic heterocycles. The summed E-state index contributed by atoms with van der Waals surface area (Å²) in [6.07, 6.45) is 1.23. The molecule has 1 fully saturated rings. The van der Waals surface area contributed by atoms with Gasteiger partial charge in [-0.1, -0.05) is 42.5 Å². The number of ether oxygens (including phenoxy) is 2. The van der Waals surface area contributed by atoms with Crippen molar-refractivity contribution in [3.05, 3.63) is 72.6 Å². The molecule has 33 heavy (non-hydrogen) atoms. The molecule has 9 nitrogen and oxygen atoms in total. The summed E-state index contributed by atoms with van der Waals surface area (Å²) in [6, 6.07) is 18.3. The number of esters is 1. The second-order valence-corrected chi connectivity index (χ2v) is 9.27. The zero-order valence-corrected chi connectivity index (χ0v) is 18.5. The number of morpholine rings is 1. The topological polar surface area (TPSA) is 118 Å². The van der Waals surface area contributed by atoms with E-state index in [9.17, 15) is 18.0 Å². The molecule has 0 bridgehead atoms. The standard InChI is InChI=1S/C23H23N3O6S/c27-22(25-19-8-6-18(7-9-19)17-4-2-1-3-5-17)16-32-23(28)21-14-20(15-24-21)33(29,30)26-10-12-31-13-11-26/h1-9,14-15,24H,10-13,16H2,(H,25,27). The lowest BCUT2D eigenvalue weighted by atomic mass is 10.1. The molecule has 0 atom stereocenters. The average Bonchev–Trinajstić information content (AvgIpc) is 3.36. The van der Waals surface area contributed by atoms with Gasteiger partial charge < -0.3 is 19.8 Å². The molecule has 0 radical (unpaired) electrons. The molecule has 2 heterocycles. The van der Waals surface area contributed by atoms with Gasteiger partial charge in [0, 0.05) is 25.0 Å². The van der Waals surface area contributed by atoms with Crippen LogP contribution in [0.1, 0.15) is 10.5 Å². The van der Waals surface area contributed by atoms with Crippen LogP contribution in [-0.2, 0) is 24.3 Å². The molecule has 0 aliphatic carbocycles. The quantitative estimate of drug-likeness (QED) is 0.514. The Hall–Kier alpha value is -3.47. The molecule has 1 aliphatic rings. The van der Waals surface area contributed by atoms with Crippen LogP contribution in [0.15, 0.2) is 71.8 Å². The van der Waals surface area contributed by atoms with Gasteiger partial charge in [0.1, 0.15) is 10.6 Å². The Kier molecular flexibility index (Phi) is 6.87. The highest BCUT2D eigenvalue weighted by atomic mass is 32.2. The molecule has 1 amide bonds. The van der Waals surface area contributed by atoms with Crippen molar-refractivity contribution in [2.75, 3.05) is 38.2 Å². The number of sulfonamides is 1. The Morgan fingerprint density at radius 1 is 1.00 bits per heavy atom. The highest BCUT2D eigenvalue weighted by molar-refractivity contribution is 7.89. The lowest BCUT2D eigenvalue weighted by Crippen LogP contribution is -2.40. The van der Waals surface area contributed by atoms with E-state index in [4.69, 9.17) is 9.47 Å². The van der Waals surface area contributed by atoms with E-state index in [2.05, 4.69) is 10.3 Å². The number of hydrogen-bond donors (Lipinski definition) is 2. The van der Waals surface area contributed by atoms with Gasteiger partial charge >= 0.3 is 5.97 Å². The molecule has 10 heteroatoms. The number of nitrogens with zero attached hydrogens (tertiary/aromatic N) is 1. The molecular weight excluding hydrogens is 446 g/mol. The summed E-state index contributed by atoms with van der Waals surface area (Å²) < 4.78 is 36.8. The highest BCUT2D eigenvalue weighted by Crippen LogP contribution is 2.21. The van der Waals surface area contributed by atoms with Crippen molar-refractivity contribution < 1.29 is 27.5 Å². The number of hydrogen-bond acceptors (Lipinski definition) is 6. The van der Waals surface area contributed by atoms with Crippen LogP contribution in [0.4, 0.5) is 5.69 Å². The number of rotatable bonds is 7. The minimum atomic E-state index is -3.74. The van der Waals surface area contributed by atoms with Crippen molar-refractivity contribution in [1.82, 2.24) is 9.29 Å². The van der Waals surface area contributed by atoms with Crippen LogP contribution < -0.4 is 5.32 Å². The Morgan fingerprint density at radius 3 is 2.36 bits per heavy atom. The SMILES string of the molecule is O=C(COC(=O)c1cc(S(=O)(=O)N2CCOCC2)c[nH]1)Nc1ccc(-c2ccccc2)cc1. The zero-order chi connectivity index (χ0) is 23.3. The van der Waals surface area contributed by atoms with Crippen LogP contribution in [0.2, 0.25) is 0 Å². The molecule has 2 N–H and O–H groups in total. The molecule has 172 valence electrons. The van der Waals surface area contributed by atoms with Crippen molar-refractivity contribution in [3.63, 3.8) is 0 Å². The first kappa shape index (κ1) is 22.7. The van der Waals surface area contributed by atoms with Gasteiger partial charge in [-0.3, -0.25) is 4.79 Å². The van der Waals surface area contributed by atoms with Gasteiger partial charge in [-0.05, 0) is 29.3 Å². The summed E-state index contributed by atoms with van der Waals surface area (Å²) in [5.41, 5.74) is 2.58. The van der Waals surface area contributed by atoms with E-state index >= 15 is 0 Å². The van der Waals surface area contributed by atoms with Crippen LogP contribution in [-0.4, -0.2) is 62.5 Å². The first-order chi connectivity index (χ1) is 15.9. The normalized spacial score (nSPS) is 14.5. The third-order valence-electron chi connectivity index (χ3n) is 5.09. The lowest BCUT2D eigenvalue weighted by Gasteiger charge is -2.25. The summed E-state index contributed by atoms with van der Waals surface area (Å²) in [5.74, 6) is -1.34. The summed E-state index contributed by atoms with van der Waals surface area (Å²) in [4.78, 5) is 27.0. The van der Waals surface area contributed by atoms with Crippen LogP contribution >= 0.6 is 0 Å². The summed E-state index contributed by atoms with van der Waals surface area (Å²) in [7, 11) is -3.74. The fourth-order valence-electron chi connectivity index (χ4n) is 3.36. The average molecular weight is 470 g/mol. The molecule has 0 unspecified atom stereocenters. The van der Waals surface area contributed by atoms with Gasteiger partial charge in [0.25, 0.3) is 5.91 Å². The van der Waals surface area contributed by atoms with Crippen LogP contribution in [0, 0.1) is 0 Å². The monoisotopic (exact) mass is 469 g/mol. The molecule has 0 spiro atoms. The van der Waals surface area contributed by atoms with Crippen LogP contribution in [0.25, 0.3) is 11.1 Å². The zero-order valence-electron chi connectivity index (χ0n) is 17.7. The summed E-state index contributed by atoms with van der Waals surface area (Å²) in [5, 5.41) is 2.66. The van der Waals surface area contributed by atoms with E-state index in [0.717, 1.165) is 11.1 Å². The predicted molar refractivity (Wildman–Crippen MR) is 121 cm³/mol. The molecular formula is C23H23N3O6S. The fraction of sp³-hybridized carbons (Fsp3) is 0.217.